The van der Waals surface area contributed by atoms with E-state index in [2.05, 4.69) is 58.1 Å². The Labute approximate surface area is 137 Å². The SMILES string of the molecule is CSN1C(c2ccc(Cl)cc2)=CN2c3ccccc3SC12. The van der Waals surface area contributed by atoms with Crippen molar-refractivity contribution in [3.8, 4) is 0 Å². The molecule has 2 nitrogen and oxygen atoms in total. The number of rotatable bonds is 2. The van der Waals surface area contributed by atoms with Gasteiger partial charge in [0.2, 0.25) is 0 Å². The molecule has 5 heteroatoms. The molecule has 21 heavy (non-hydrogen) atoms. The van der Waals surface area contributed by atoms with Crippen molar-refractivity contribution in [3.05, 3.63) is 65.3 Å². The molecule has 1 atom stereocenters. The first-order valence-corrected chi connectivity index (χ1v) is 9.07. The lowest BCUT2D eigenvalue weighted by molar-refractivity contribution is 0.647. The molecule has 2 aliphatic rings. The Kier molecular flexibility index (Phi) is 3.32. The quantitative estimate of drug-likeness (QED) is 0.703. The fourth-order valence-corrected chi connectivity index (χ4v) is 4.99. The van der Waals surface area contributed by atoms with Crippen LogP contribution in [0.2, 0.25) is 5.02 Å². The molecule has 0 aliphatic carbocycles. The molecule has 0 aromatic heterocycles. The molecule has 1 unspecified atom stereocenters. The van der Waals surface area contributed by atoms with Gasteiger partial charge in [-0.05, 0) is 24.3 Å². The van der Waals surface area contributed by atoms with Crippen LogP contribution in [0.1, 0.15) is 5.56 Å². The van der Waals surface area contributed by atoms with E-state index in [9.17, 15) is 0 Å². The maximum Gasteiger partial charge on any atom is 0.169 e. The van der Waals surface area contributed by atoms with Crippen molar-refractivity contribution < 1.29 is 0 Å². The van der Waals surface area contributed by atoms with Gasteiger partial charge in [0, 0.05) is 27.9 Å². The highest BCUT2D eigenvalue weighted by atomic mass is 35.5. The van der Waals surface area contributed by atoms with Gasteiger partial charge in [-0.25, -0.2) is 0 Å². The van der Waals surface area contributed by atoms with Gasteiger partial charge in [0.25, 0.3) is 0 Å². The van der Waals surface area contributed by atoms with Gasteiger partial charge in [0.1, 0.15) is 0 Å². The molecular weight excluding hydrogens is 320 g/mol. The Bertz CT molecular complexity index is 714. The number of benzene rings is 2. The summed E-state index contributed by atoms with van der Waals surface area (Å²) in [7, 11) is 0. The molecule has 106 valence electrons. The third-order valence-electron chi connectivity index (χ3n) is 3.65. The minimum absolute atomic E-state index is 0.295. The second kappa shape index (κ2) is 5.20. The zero-order chi connectivity index (χ0) is 14.4. The van der Waals surface area contributed by atoms with Crippen LogP contribution >= 0.6 is 35.3 Å². The van der Waals surface area contributed by atoms with Crippen molar-refractivity contribution in [2.75, 3.05) is 11.2 Å². The van der Waals surface area contributed by atoms with E-state index >= 15 is 0 Å². The van der Waals surface area contributed by atoms with E-state index in [1.165, 1.54) is 21.8 Å². The summed E-state index contributed by atoms with van der Waals surface area (Å²) >= 11 is 9.65. The lowest BCUT2D eigenvalue weighted by atomic mass is 10.2. The molecule has 2 aliphatic heterocycles. The highest BCUT2D eigenvalue weighted by Gasteiger charge is 2.39. The lowest BCUT2D eigenvalue weighted by Gasteiger charge is -2.26. The fraction of sp³-hybridized carbons (Fsp3) is 0.125. The van der Waals surface area contributed by atoms with Crippen molar-refractivity contribution >= 4 is 46.7 Å². The molecular formula is C16H13ClN2S2. The fourth-order valence-electron chi connectivity index (χ4n) is 2.67. The first-order valence-electron chi connectivity index (χ1n) is 6.63. The van der Waals surface area contributed by atoms with Crippen LogP contribution in [0.4, 0.5) is 5.69 Å². The Morgan fingerprint density at radius 2 is 1.86 bits per heavy atom. The number of para-hydroxylation sites is 1. The molecule has 0 N–H and O–H groups in total. The van der Waals surface area contributed by atoms with Crippen molar-refractivity contribution in [2.24, 2.45) is 0 Å². The maximum absolute atomic E-state index is 6.00. The zero-order valence-corrected chi connectivity index (χ0v) is 13.8. The van der Waals surface area contributed by atoms with Crippen LogP contribution in [0.15, 0.2) is 59.6 Å². The van der Waals surface area contributed by atoms with Crippen molar-refractivity contribution in [3.63, 3.8) is 0 Å². The molecule has 0 saturated carbocycles. The lowest BCUT2D eigenvalue weighted by Crippen LogP contribution is -2.29. The Balaban J connectivity index is 1.77. The molecule has 2 heterocycles. The number of hydrogen-bond acceptors (Lipinski definition) is 4. The first-order chi connectivity index (χ1) is 10.3. The van der Waals surface area contributed by atoms with Gasteiger partial charge >= 0.3 is 0 Å². The number of nitrogens with zero attached hydrogens (tertiary/aromatic N) is 2. The topological polar surface area (TPSA) is 6.48 Å². The predicted molar refractivity (Wildman–Crippen MR) is 93.3 cm³/mol. The van der Waals surface area contributed by atoms with Crippen LogP contribution in [0.5, 0.6) is 0 Å². The summed E-state index contributed by atoms with van der Waals surface area (Å²) in [5, 5.41) is 0.772. The summed E-state index contributed by atoms with van der Waals surface area (Å²) in [5.74, 6) is 0. The van der Waals surface area contributed by atoms with Crippen LogP contribution < -0.4 is 4.90 Å². The molecule has 0 saturated heterocycles. The molecule has 2 aromatic rings. The van der Waals surface area contributed by atoms with Gasteiger partial charge in [-0.15, -0.1) is 0 Å². The largest absolute Gasteiger partial charge is 0.314 e. The van der Waals surface area contributed by atoms with E-state index in [0.717, 1.165) is 5.02 Å². The number of thioether (sulfide) groups is 1. The Morgan fingerprint density at radius 1 is 1.10 bits per heavy atom. The van der Waals surface area contributed by atoms with Crippen LogP contribution in [0, 0.1) is 0 Å². The van der Waals surface area contributed by atoms with E-state index in [-0.39, 0.29) is 0 Å². The van der Waals surface area contributed by atoms with Gasteiger partial charge < -0.3 is 4.90 Å². The van der Waals surface area contributed by atoms with E-state index in [1.54, 1.807) is 11.9 Å². The smallest absolute Gasteiger partial charge is 0.169 e. The van der Waals surface area contributed by atoms with Crippen molar-refractivity contribution in [1.82, 2.24) is 4.31 Å². The highest BCUT2D eigenvalue weighted by molar-refractivity contribution is 8.02. The second-order valence-electron chi connectivity index (χ2n) is 4.85. The highest BCUT2D eigenvalue weighted by Crippen LogP contribution is 2.52. The maximum atomic E-state index is 6.00. The standard InChI is InChI=1S/C16H13ClN2S2/c1-20-19-14(11-6-8-12(17)9-7-11)10-18-13-4-2-3-5-15(13)21-16(18)19/h2-10,16H,1H3. The molecule has 0 spiro atoms. The average Bonchev–Trinajstić information content (AvgIpc) is 3.03. The van der Waals surface area contributed by atoms with Crippen LogP contribution in [-0.2, 0) is 0 Å². The number of halogens is 1. The van der Waals surface area contributed by atoms with E-state index in [4.69, 9.17) is 11.6 Å². The van der Waals surface area contributed by atoms with Gasteiger partial charge in [0.05, 0.1) is 11.4 Å². The third kappa shape index (κ3) is 2.13. The van der Waals surface area contributed by atoms with Gasteiger partial charge in [-0.1, -0.05) is 59.6 Å². The predicted octanol–water partition coefficient (Wildman–Crippen LogP) is 5.13. The van der Waals surface area contributed by atoms with Crippen molar-refractivity contribution in [1.29, 1.82) is 0 Å². The van der Waals surface area contributed by atoms with Gasteiger partial charge in [0.15, 0.2) is 5.50 Å². The molecule has 0 amide bonds. The summed E-state index contributed by atoms with van der Waals surface area (Å²) in [4.78, 5) is 3.69. The van der Waals surface area contributed by atoms with Crippen LogP contribution in [0.3, 0.4) is 0 Å². The van der Waals surface area contributed by atoms with Crippen molar-refractivity contribution in [2.45, 2.75) is 10.4 Å². The summed E-state index contributed by atoms with van der Waals surface area (Å²) in [6.45, 7) is 0. The number of anilines is 1. The Hall–Kier alpha value is -1.23. The zero-order valence-electron chi connectivity index (χ0n) is 11.4. The normalized spacial score (nSPS) is 19.5. The molecule has 2 aromatic carbocycles. The summed E-state index contributed by atoms with van der Waals surface area (Å²) in [6, 6.07) is 16.6. The molecule has 0 bridgehead atoms. The summed E-state index contributed by atoms with van der Waals surface area (Å²) in [6.07, 6.45) is 4.36. The van der Waals surface area contributed by atoms with Gasteiger partial charge in [-0.2, -0.15) is 0 Å². The molecule has 0 radical (unpaired) electrons. The minimum atomic E-state index is 0.295. The van der Waals surface area contributed by atoms with Crippen LogP contribution in [-0.4, -0.2) is 16.1 Å². The number of fused-ring (bicyclic) bond motifs is 3. The van der Waals surface area contributed by atoms with E-state index in [1.807, 2.05) is 23.9 Å². The summed E-state index contributed by atoms with van der Waals surface area (Å²) in [5.41, 5.74) is 4.01. The number of hydrogen-bond donors (Lipinski definition) is 0. The minimum Gasteiger partial charge on any atom is -0.314 e. The summed E-state index contributed by atoms with van der Waals surface area (Å²) < 4.78 is 2.36. The molecule has 0 fully saturated rings. The first kappa shape index (κ1) is 13.4. The third-order valence-corrected chi connectivity index (χ3v) is 6.07. The second-order valence-corrected chi connectivity index (χ2v) is 7.14. The van der Waals surface area contributed by atoms with E-state index < -0.39 is 0 Å². The monoisotopic (exact) mass is 332 g/mol. The van der Waals surface area contributed by atoms with Gasteiger partial charge in [-0.3, -0.25) is 4.31 Å². The van der Waals surface area contributed by atoms with Crippen LogP contribution in [0.25, 0.3) is 5.70 Å². The van der Waals surface area contributed by atoms with E-state index in [0.29, 0.717) is 5.50 Å². The average molecular weight is 333 g/mol. The molecule has 4 rings (SSSR count). The Morgan fingerprint density at radius 3 is 2.62 bits per heavy atom.